The molecule has 0 aromatic heterocycles. The van der Waals surface area contributed by atoms with E-state index in [4.69, 9.17) is 4.74 Å². The molecule has 122 valence electrons. The first-order valence-electron chi connectivity index (χ1n) is 7.83. The van der Waals surface area contributed by atoms with Crippen LogP contribution in [0.5, 0.6) is 0 Å². The lowest BCUT2D eigenvalue weighted by Crippen LogP contribution is -2.32. The van der Waals surface area contributed by atoms with Crippen molar-refractivity contribution in [1.82, 2.24) is 10.2 Å². The normalized spacial score (nSPS) is 19.0. The van der Waals surface area contributed by atoms with E-state index in [2.05, 4.69) is 28.6 Å². The van der Waals surface area contributed by atoms with E-state index >= 15 is 0 Å². The summed E-state index contributed by atoms with van der Waals surface area (Å²) in [5.41, 5.74) is 1.68. The fourth-order valence-corrected chi connectivity index (χ4v) is 2.57. The van der Waals surface area contributed by atoms with Crippen LogP contribution in [0, 0.1) is 0 Å². The van der Waals surface area contributed by atoms with Gasteiger partial charge in [-0.1, -0.05) is 18.2 Å². The first-order valence-corrected chi connectivity index (χ1v) is 7.83. The van der Waals surface area contributed by atoms with Crippen molar-refractivity contribution in [2.24, 2.45) is 0 Å². The van der Waals surface area contributed by atoms with Crippen LogP contribution in [0.2, 0.25) is 0 Å². The number of nitrogens with zero attached hydrogens (tertiary/aromatic N) is 1. The molecule has 0 aliphatic carbocycles. The summed E-state index contributed by atoms with van der Waals surface area (Å²) in [7, 11) is 2.14. The molecule has 1 unspecified atom stereocenters. The molecule has 2 rings (SSSR count). The molecule has 0 radical (unpaired) electrons. The van der Waals surface area contributed by atoms with Gasteiger partial charge in [0.2, 0.25) is 0 Å². The number of ether oxygens (including phenoxy) is 1. The standard InChI is InChI=1S/C17H27N3O2/c1-17(2,3)22-16(21)18-11-13-7-5-6-8-15(13)19-14-9-10-20(4)12-14/h5-8,14,19H,9-12H2,1-4H3,(H,18,21). The molecule has 22 heavy (non-hydrogen) atoms. The molecule has 5 heteroatoms. The summed E-state index contributed by atoms with van der Waals surface area (Å²) in [6.45, 7) is 8.21. The Morgan fingerprint density at radius 1 is 1.36 bits per heavy atom. The minimum atomic E-state index is -0.476. The van der Waals surface area contributed by atoms with Gasteiger partial charge in [-0.05, 0) is 52.4 Å². The van der Waals surface area contributed by atoms with Gasteiger partial charge < -0.3 is 20.3 Å². The number of hydrogen-bond donors (Lipinski definition) is 2. The third kappa shape index (κ3) is 5.22. The Kier molecular flexibility index (Phi) is 5.29. The predicted octanol–water partition coefficient (Wildman–Crippen LogP) is 2.83. The van der Waals surface area contributed by atoms with Crippen LogP contribution in [0.4, 0.5) is 10.5 Å². The Morgan fingerprint density at radius 3 is 2.73 bits per heavy atom. The predicted molar refractivity (Wildman–Crippen MR) is 89.0 cm³/mol. The lowest BCUT2D eigenvalue weighted by molar-refractivity contribution is 0.0523. The van der Waals surface area contributed by atoms with Gasteiger partial charge in [-0.2, -0.15) is 0 Å². The van der Waals surface area contributed by atoms with Crippen molar-refractivity contribution in [2.75, 3.05) is 25.5 Å². The van der Waals surface area contributed by atoms with Gasteiger partial charge in [-0.25, -0.2) is 4.79 Å². The fraction of sp³-hybridized carbons (Fsp3) is 0.588. The van der Waals surface area contributed by atoms with E-state index in [1.807, 2.05) is 39.0 Å². The number of para-hydroxylation sites is 1. The van der Waals surface area contributed by atoms with Crippen LogP contribution in [0.15, 0.2) is 24.3 Å². The van der Waals surface area contributed by atoms with Crippen molar-refractivity contribution in [2.45, 2.75) is 45.4 Å². The van der Waals surface area contributed by atoms with Gasteiger partial charge in [0.15, 0.2) is 0 Å². The van der Waals surface area contributed by atoms with Crippen molar-refractivity contribution in [1.29, 1.82) is 0 Å². The van der Waals surface area contributed by atoms with Crippen molar-refractivity contribution in [3.63, 3.8) is 0 Å². The number of alkyl carbamates (subject to hydrolysis) is 1. The van der Waals surface area contributed by atoms with Crippen LogP contribution in [-0.4, -0.2) is 42.8 Å². The Labute approximate surface area is 133 Å². The molecular weight excluding hydrogens is 278 g/mol. The van der Waals surface area contributed by atoms with Crippen LogP contribution in [0.3, 0.4) is 0 Å². The van der Waals surface area contributed by atoms with E-state index in [0.29, 0.717) is 12.6 Å². The molecule has 1 aromatic rings. The SMILES string of the molecule is CN1CCC(Nc2ccccc2CNC(=O)OC(C)(C)C)C1. The zero-order valence-corrected chi connectivity index (χ0v) is 14.0. The van der Waals surface area contributed by atoms with Crippen molar-refractivity contribution >= 4 is 11.8 Å². The molecule has 0 saturated carbocycles. The molecule has 1 aliphatic heterocycles. The second-order valence-electron chi connectivity index (χ2n) is 6.90. The zero-order valence-electron chi connectivity index (χ0n) is 14.0. The minimum absolute atomic E-state index is 0.386. The molecular formula is C17H27N3O2. The molecule has 2 N–H and O–H groups in total. The molecule has 1 heterocycles. The van der Waals surface area contributed by atoms with Crippen molar-refractivity contribution in [3.8, 4) is 0 Å². The molecule has 5 nitrogen and oxygen atoms in total. The third-order valence-corrected chi connectivity index (χ3v) is 3.59. The maximum Gasteiger partial charge on any atom is 0.407 e. The van der Waals surface area contributed by atoms with Gasteiger partial charge in [0.05, 0.1) is 0 Å². The van der Waals surface area contributed by atoms with E-state index < -0.39 is 5.60 Å². The summed E-state index contributed by atoms with van der Waals surface area (Å²) in [5, 5.41) is 6.40. The molecule has 0 bridgehead atoms. The van der Waals surface area contributed by atoms with E-state index in [-0.39, 0.29) is 6.09 Å². The van der Waals surface area contributed by atoms with Gasteiger partial charge in [0.25, 0.3) is 0 Å². The summed E-state index contributed by atoms with van der Waals surface area (Å²) in [6.07, 6.45) is 0.757. The summed E-state index contributed by atoms with van der Waals surface area (Å²) in [6, 6.07) is 8.55. The molecule has 1 fully saturated rings. The number of carbonyl (C=O) groups excluding carboxylic acids is 1. The van der Waals surface area contributed by atoms with Crippen LogP contribution < -0.4 is 10.6 Å². The summed E-state index contributed by atoms with van der Waals surface area (Å²) in [5.74, 6) is 0. The number of carbonyl (C=O) groups is 1. The second-order valence-corrected chi connectivity index (χ2v) is 6.90. The highest BCUT2D eigenvalue weighted by atomic mass is 16.6. The highest BCUT2D eigenvalue weighted by molar-refractivity contribution is 5.68. The number of likely N-dealkylation sites (N-methyl/N-ethyl adjacent to an activating group) is 1. The van der Waals surface area contributed by atoms with Crippen LogP contribution in [0.25, 0.3) is 0 Å². The third-order valence-electron chi connectivity index (χ3n) is 3.59. The van der Waals surface area contributed by atoms with Crippen molar-refractivity contribution < 1.29 is 9.53 Å². The highest BCUT2D eigenvalue weighted by Crippen LogP contribution is 2.19. The minimum Gasteiger partial charge on any atom is -0.444 e. The fourth-order valence-electron chi connectivity index (χ4n) is 2.57. The first-order chi connectivity index (χ1) is 10.3. The van der Waals surface area contributed by atoms with Gasteiger partial charge in [-0.3, -0.25) is 0 Å². The summed E-state index contributed by atoms with van der Waals surface area (Å²) >= 11 is 0. The Bertz CT molecular complexity index is 511. The van der Waals surface area contributed by atoms with E-state index in [1.54, 1.807) is 0 Å². The Hall–Kier alpha value is -1.75. The number of benzene rings is 1. The molecule has 1 amide bonds. The summed E-state index contributed by atoms with van der Waals surface area (Å²) in [4.78, 5) is 14.1. The van der Waals surface area contributed by atoms with E-state index in [1.165, 1.54) is 0 Å². The quantitative estimate of drug-likeness (QED) is 0.898. The average molecular weight is 305 g/mol. The monoisotopic (exact) mass is 305 g/mol. The number of rotatable bonds is 4. The van der Waals surface area contributed by atoms with E-state index in [0.717, 1.165) is 30.8 Å². The molecule has 1 atom stereocenters. The van der Waals surface area contributed by atoms with Crippen molar-refractivity contribution in [3.05, 3.63) is 29.8 Å². The topological polar surface area (TPSA) is 53.6 Å². The van der Waals surface area contributed by atoms with Gasteiger partial charge in [0.1, 0.15) is 5.60 Å². The van der Waals surface area contributed by atoms with Gasteiger partial charge in [0, 0.05) is 24.8 Å². The number of nitrogens with one attached hydrogen (secondary N) is 2. The van der Waals surface area contributed by atoms with Gasteiger partial charge >= 0.3 is 6.09 Å². The second kappa shape index (κ2) is 7.01. The Morgan fingerprint density at radius 2 is 2.09 bits per heavy atom. The van der Waals surface area contributed by atoms with Crippen LogP contribution in [-0.2, 0) is 11.3 Å². The van der Waals surface area contributed by atoms with Crippen LogP contribution >= 0.6 is 0 Å². The number of hydrogen-bond acceptors (Lipinski definition) is 4. The Balaban J connectivity index is 1.92. The number of anilines is 1. The lowest BCUT2D eigenvalue weighted by atomic mass is 10.1. The van der Waals surface area contributed by atoms with E-state index in [9.17, 15) is 4.79 Å². The zero-order chi connectivity index (χ0) is 16.2. The maximum absolute atomic E-state index is 11.8. The maximum atomic E-state index is 11.8. The number of amides is 1. The summed E-state index contributed by atoms with van der Waals surface area (Å²) < 4.78 is 5.27. The van der Waals surface area contributed by atoms with Gasteiger partial charge in [-0.15, -0.1) is 0 Å². The highest BCUT2D eigenvalue weighted by Gasteiger charge is 2.20. The van der Waals surface area contributed by atoms with Crippen LogP contribution in [0.1, 0.15) is 32.8 Å². The molecule has 1 aromatic carbocycles. The average Bonchev–Trinajstić information content (AvgIpc) is 2.81. The first kappa shape index (κ1) is 16.6. The lowest BCUT2D eigenvalue weighted by Gasteiger charge is -2.21. The molecule has 0 spiro atoms. The largest absolute Gasteiger partial charge is 0.444 e. The number of likely N-dealkylation sites (tertiary alicyclic amines) is 1. The smallest absolute Gasteiger partial charge is 0.407 e. The molecule has 1 saturated heterocycles. The molecule has 1 aliphatic rings.